The molecule has 0 saturated heterocycles. The predicted octanol–water partition coefficient (Wildman–Crippen LogP) is 1.33. The van der Waals surface area contributed by atoms with Crippen LogP contribution in [0, 0.1) is 71.0 Å². The minimum Gasteiger partial charge on any atom is -0.512 e. The fraction of sp³-hybridized carbons (Fsp3) is 0. The van der Waals surface area contributed by atoms with E-state index in [2.05, 4.69) is 0 Å². The van der Waals surface area contributed by atoms with E-state index in [9.17, 15) is 0 Å². The second-order valence-electron chi connectivity index (χ2n) is 0. The SMILES string of the molecule is [C-]#N.[C-]#N.[C-]#N.[C-]#N.[C-]#N.[C-]#N.[Cr+4].[NH4+].[NH4+]. The average molecular weight is 244 g/mol. The van der Waals surface area contributed by atoms with Crippen molar-refractivity contribution in [2.45, 2.75) is 0 Å². The standard InChI is InChI=1S/6CN.Cr.2H3N/c6*1-2;;;/h;;;;;;;2*1H3/q6*-1;+4;;/p+2. The van der Waals surface area contributed by atoms with Gasteiger partial charge in [0, 0.05) is 0 Å². The van der Waals surface area contributed by atoms with Gasteiger partial charge in [0.1, 0.15) is 0 Å². The predicted molar refractivity (Wildman–Crippen MR) is 41.8 cm³/mol. The van der Waals surface area contributed by atoms with Gasteiger partial charge in [-0.25, -0.2) is 0 Å². The number of hydrogen-bond donors (Lipinski definition) is 2. The third-order valence-corrected chi connectivity index (χ3v) is 0. The minimum atomic E-state index is 0. The zero-order valence-electron chi connectivity index (χ0n) is 8.09. The summed E-state index contributed by atoms with van der Waals surface area (Å²) in [5, 5.41) is 37.5. The Labute approximate surface area is 101 Å². The molecule has 0 aliphatic carbocycles. The zero-order valence-corrected chi connectivity index (χ0v) is 9.37. The molecule has 0 spiro atoms. The molecule has 0 radical (unpaired) electrons. The van der Waals surface area contributed by atoms with Gasteiger partial charge in [-0.05, 0) is 0 Å². The summed E-state index contributed by atoms with van der Waals surface area (Å²) in [6.07, 6.45) is 0. The molecule has 0 heterocycles. The molecule has 8 nitrogen and oxygen atoms in total. The summed E-state index contributed by atoms with van der Waals surface area (Å²) in [6.45, 7) is 28.5. The topological polar surface area (TPSA) is 216 Å². The zero-order chi connectivity index (χ0) is 12.0. The molecule has 78 valence electrons. The summed E-state index contributed by atoms with van der Waals surface area (Å²) in [7, 11) is 0. The third-order valence-electron chi connectivity index (χ3n) is 0. The third kappa shape index (κ3) is 148. The molecule has 0 bridgehead atoms. The molecule has 0 fully saturated rings. The van der Waals surface area contributed by atoms with E-state index in [1.54, 1.807) is 0 Å². The molecule has 8 N–H and O–H groups in total. The first-order valence-electron chi connectivity index (χ1n) is 1.34. The largest absolute Gasteiger partial charge is 4.00 e. The first-order valence-corrected chi connectivity index (χ1v) is 1.34. The Hall–Kier alpha value is -2.61. The van der Waals surface area contributed by atoms with Gasteiger partial charge in [-0.3, -0.25) is 0 Å². The van der Waals surface area contributed by atoms with Crippen LogP contribution in [-0.2, 0) is 17.4 Å². The maximum Gasteiger partial charge on any atom is 4.00 e. The first-order chi connectivity index (χ1) is 6.00. The second kappa shape index (κ2) is 181. The van der Waals surface area contributed by atoms with Gasteiger partial charge < -0.3 is 83.3 Å². The fourth-order valence-corrected chi connectivity index (χ4v) is 0. The number of hydrogen-bond acceptors (Lipinski definition) is 6. The monoisotopic (exact) mass is 244 g/mol. The quantitative estimate of drug-likeness (QED) is 0.598. The Morgan fingerprint density at radius 1 is 0.333 bits per heavy atom. The summed E-state index contributed by atoms with van der Waals surface area (Å²) in [6, 6.07) is 0. The maximum absolute atomic E-state index is 6.25. The smallest absolute Gasteiger partial charge is 0.512 e. The van der Waals surface area contributed by atoms with Crippen molar-refractivity contribution in [2.24, 2.45) is 0 Å². The van der Waals surface area contributed by atoms with E-state index in [1.165, 1.54) is 0 Å². The minimum absolute atomic E-state index is 0. The van der Waals surface area contributed by atoms with E-state index < -0.39 is 0 Å². The summed E-state index contributed by atoms with van der Waals surface area (Å²) in [5.41, 5.74) is 0. The van der Waals surface area contributed by atoms with Gasteiger partial charge in [0.2, 0.25) is 0 Å². The van der Waals surface area contributed by atoms with E-state index in [0.29, 0.717) is 0 Å². The van der Waals surface area contributed by atoms with Crippen molar-refractivity contribution in [3.8, 4) is 0 Å². The Bertz CT molecular complexity index is 94.2. The van der Waals surface area contributed by atoms with E-state index >= 15 is 0 Å². The molecule has 15 heavy (non-hydrogen) atoms. The number of rotatable bonds is 0. The summed E-state index contributed by atoms with van der Waals surface area (Å²) in [5.74, 6) is 0. The Morgan fingerprint density at radius 3 is 0.333 bits per heavy atom. The van der Waals surface area contributed by atoms with E-state index in [1.807, 2.05) is 0 Å². The molecule has 0 aromatic rings. The van der Waals surface area contributed by atoms with Crippen molar-refractivity contribution in [3.05, 3.63) is 39.4 Å². The molecule has 9 heteroatoms. The van der Waals surface area contributed by atoms with Crippen molar-refractivity contribution >= 4 is 0 Å². The van der Waals surface area contributed by atoms with Crippen LogP contribution in [0.4, 0.5) is 0 Å². The normalized spacial score (nSPS) is 0.800. The van der Waals surface area contributed by atoms with Crippen LogP contribution in [0.1, 0.15) is 0 Å². The van der Waals surface area contributed by atoms with Crippen LogP contribution >= 0.6 is 0 Å². The van der Waals surface area contributed by atoms with Crippen LogP contribution in [-0.4, -0.2) is 0 Å². The van der Waals surface area contributed by atoms with Crippen LogP contribution in [0.25, 0.3) is 0 Å². The average Bonchev–Trinajstić information content (AvgIpc) is 2.33. The summed E-state index contributed by atoms with van der Waals surface area (Å²) >= 11 is 0. The first kappa shape index (κ1) is 140. The van der Waals surface area contributed by atoms with E-state index in [0.717, 1.165) is 0 Å². The molecule has 0 atom stereocenters. The summed E-state index contributed by atoms with van der Waals surface area (Å²) in [4.78, 5) is 0. The van der Waals surface area contributed by atoms with Gasteiger partial charge in [-0.15, -0.1) is 0 Å². The van der Waals surface area contributed by atoms with Crippen molar-refractivity contribution in [1.82, 2.24) is 12.3 Å². The van der Waals surface area contributed by atoms with Crippen LogP contribution < -0.4 is 12.3 Å². The van der Waals surface area contributed by atoms with Crippen LogP contribution in [0.2, 0.25) is 0 Å². The van der Waals surface area contributed by atoms with Crippen molar-refractivity contribution < 1.29 is 17.4 Å². The Balaban J connectivity index is -0.00000000396. The molecule has 0 amide bonds. The van der Waals surface area contributed by atoms with Gasteiger partial charge in [0.15, 0.2) is 0 Å². The van der Waals surface area contributed by atoms with Gasteiger partial charge >= 0.3 is 17.4 Å². The molecule has 0 saturated carbocycles. The van der Waals surface area contributed by atoms with Crippen molar-refractivity contribution in [2.75, 3.05) is 0 Å². The van der Waals surface area contributed by atoms with Gasteiger partial charge in [-0.1, -0.05) is 0 Å². The van der Waals surface area contributed by atoms with Gasteiger partial charge in [0.05, 0.1) is 0 Å². The molecule has 0 aliphatic rings. The van der Waals surface area contributed by atoms with Crippen LogP contribution in [0.3, 0.4) is 0 Å². The molecule has 0 rings (SSSR count). The molecular formula is C6H8CrN8. The van der Waals surface area contributed by atoms with Crippen LogP contribution in [0.5, 0.6) is 0 Å². The van der Waals surface area contributed by atoms with Gasteiger partial charge in [-0.2, -0.15) is 0 Å². The molecular weight excluding hydrogens is 236 g/mol. The summed E-state index contributed by atoms with van der Waals surface area (Å²) < 4.78 is 0. The van der Waals surface area contributed by atoms with Crippen molar-refractivity contribution in [3.63, 3.8) is 0 Å². The van der Waals surface area contributed by atoms with Crippen LogP contribution in [0.15, 0.2) is 0 Å². The molecule has 0 aromatic heterocycles. The second-order valence-corrected chi connectivity index (χ2v) is 0. The van der Waals surface area contributed by atoms with Gasteiger partial charge in [0.25, 0.3) is 0 Å². The number of quaternary nitrogens is 2. The Kier molecular flexibility index (Phi) is 1690. The molecule has 0 aliphatic heterocycles. The van der Waals surface area contributed by atoms with E-state index in [4.69, 9.17) is 71.0 Å². The molecule has 0 aromatic carbocycles. The molecule has 0 unspecified atom stereocenters. The Morgan fingerprint density at radius 2 is 0.333 bits per heavy atom. The maximum atomic E-state index is 6.25. The van der Waals surface area contributed by atoms with Crippen molar-refractivity contribution in [1.29, 1.82) is 31.6 Å². The number of nitrogens with zero attached hydrogens (tertiary/aromatic N) is 6. The van der Waals surface area contributed by atoms with E-state index in [-0.39, 0.29) is 29.7 Å². The fourth-order valence-electron chi connectivity index (χ4n) is 0.